The van der Waals surface area contributed by atoms with Gasteiger partial charge in [-0.25, -0.2) is 0 Å². The molecule has 0 N–H and O–H groups in total. The van der Waals surface area contributed by atoms with Crippen molar-refractivity contribution in [3.8, 4) is 0 Å². The van der Waals surface area contributed by atoms with Gasteiger partial charge >= 0.3 is 5.97 Å². The van der Waals surface area contributed by atoms with Gasteiger partial charge in [0.1, 0.15) is 5.60 Å². The summed E-state index contributed by atoms with van der Waals surface area (Å²) in [7, 11) is -7.79. The number of carbonyl (C=O) groups excluding carboxylic acids is 1. The molecule has 0 aromatic heterocycles. The van der Waals surface area contributed by atoms with Crippen molar-refractivity contribution in [3.63, 3.8) is 0 Å². The molecule has 72 heavy (non-hydrogen) atoms. The Morgan fingerprint density at radius 1 is 0.722 bits per heavy atom. The first-order valence-corrected chi connectivity index (χ1v) is 33.9. The standard InChI is InChI=1S/C63H88O6Si3/c1-16-56-62(12,13)58-55(69-72(61(9,10)11,52-33-25-19-26-34-52)53-35-27-20-28-36-53)42-63(56,68-58)57(67-45(2)64)54-38-37-46(40-49(54)44-65-70(14,15)59(3,4)5)39-47-41-48(47)43-66-71(60(6,7)8,50-29-21-17-22-30-50)51-31-23-18-24-32-51/h16-36,46-48,55-58H,1,37-44H2,2-15H3/t46?,47-,48+,55-,56-,57-,58-,63+/m0/s1. The summed E-state index contributed by atoms with van der Waals surface area (Å²) < 4.78 is 37.1. The molecule has 388 valence electrons. The van der Waals surface area contributed by atoms with Crippen molar-refractivity contribution < 1.29 is 27.5 Å². The van der Waals surface area contributed by atoms with E-state index in [2.05, 4.69) is 223 Å². The fourth-order valence-electron chi connectivity index (χ4n) is 13.4. The summed E-state index contributed by atoms with van der Waals surface area (Å²) >= 11 is 0. The Bertz CT molecular complexity index is 2440. The fraction of sp³-hybridized carbons (Fsp3) is 0.540. The molecule has 1 saturated carbocycles. The molecule has 2 aliphatic heterocycles. The summed E-state index contributed by atoms with van der Waals surface area (Å²) in [4.78, 5) is 13.7. The largest absolute Gasteiger partial charge is 0.455 e. The molecule has 8 rings (SSSR count). The molecular formula is C63H88O6Si3. The molecule has 6 nitrogen and oxygen atoms in total. The minimum atomic E-state index is -2.98. The number of ether oxygens (including phenoxy) is 2. The van der Waals surface area contributed by atoms with Crippen LogP contribution in [0.15, 0.2) is 145 Å². The number of hydrogen-bond acceptors (Lipinski definition) is 6. The molecule has 9 heteroatoms. The smallest absolute Gasteiger partial charge is 0.303 e. The third-order valence-electron chi connectivity index (χ3n) is 18.2. The molecule has 2 aliphatic carbocycles. The summed E-state index contributed by atoms with van der Waals surface area (Å²) in [6.07, 6.45) is 6.71. The quantitative estimate of drug-likeness (QED) is 0.0562. The van der Waals surface area contributed by atoms with Crippen LogP contribution in [-0.2, 0) is 27.5 Å². The third kappa shape index (κ3) is 10.1. The number of fused-ring (bicyclic) bond motifs is 2. The molecule has 4 aliphatic rings. The van der Waals surface area contributed by atoms with Gasteiger partial charge in [0.15, 0.2) is 14.4 Å². The Hall–Kier alpha value is -3.68. The van der Waals surface area contributed by atoms with Gasteiger partial charge in [0.2, 0.25) is 0 Å². The Morgan fingerprint density at radius 3 is 1.65 bits per heavy atom. The minimum absolute atomic E-state index is 0.0405. The minimum Gasteiger partial charge on any atom is -0.455 e. The summed E-state index contributed by atoms with van der Waals surface area (Å²) in [6.45, 7) is 37.8. The van der Waals surface area contributed by atoms with E-state index in [1.165, 1.54) is 38.3 Å². The van der Waals surface area contributed by atoms with Crippen molar-refractivity contribution in [2.75, 3.05) is 13.2 Å². The van der Waals surface area contributed by atoms with Crippen LogP contribution >= 0.6 is 0 Å². The van der Waals surface area contributed by atoms with Gasteiger partial charge in [-0.2, -0.15) is 0 Å². The monoisotopic (exact) mass is 1020 g/mol. The maximum atomic E-state index is 13.7. The van der Waals surface area contributed by atoms with Gasteiger partial charge < -0.3 is 22.8 Å². The second-order valence-corrected chi connectivity index (χ2v) is 39.7. The number of carbonyl (C=O) groups is 1. The van der Waals surface area contributed by atoms with E-state index in [0.717, 1.165) is 32.3 Å². The van der Waals surface area contributed by atoms with E-state index in [1.807, 2.05) is 0 Å². The molecule has 8 atom stereocenters. The van der Waals surface area contributed by atoms with E-state index in [0.29, 0.717) is 30.8 Å². The van der Waals surface area contributed by atoms with E-state index in [-0.39, 0.29) is 44.6 Å². The number of rotatable bonds is 18. The lowest BCUT2D eigenvalue weighted by Gasteiger charge is -2.50. The maximum Gasteiger partial charge on any atom is 0.303 e. The van der Waals surface area contributed by atoms with Gasteiger partial charge in [-0.15, -0.1) is 6.58 Å². The highest BCUT2D eigenvalue weighted by Gasteiger charge is 2.72. The van der Waals surface area contributed by atoms with E-state index in [1.54, 1.807) is 6.92 Å². The second-order valence-electron chi connectivity index (χ2n) is 26.3. The van der Waals surface area contributed by atoms with E-state index >= 15 is 0 Å². The average molecular weight is 1030 g/mol. The first-order valence-electron chi connectivity index (χ1n) is 27.2. The Labute approximate surface area is 438 Å². The first-order chi connectivity index (χ1) is 33.8. The summed E-state index contributed by atoms with van der Waals surface area (Å²) in [5, 5.41) is 4.92. The maximum absolute atomic E-state index is 13.7. The van der Waals surface area contributed by atoms with E-state index < -0.39 is 36.7 Å². The molecular weight excluding hydrogens is 937 g/mol. The Kier molecular flexibility index (Phi) is 15.5. The molecule has 2 heterocycles. The van der Waals surface area contributed by atoms with Crippen LogP contribution in [-0.4, -0.2) is 68.0 Å². The van der Waals surface area contributed by atoms with Crippen LogP contribution in [0.25, 0.3) is 0 Å². The molecule has 2 bridgehead atoms. The predicted octanol–water partition coefficient (Wildman–Crippen LogP) is 13.0. The van der Waals surface area contributed by atoms with Crippen LogP contribution < -0.4 is 20.7 Å². The number of hydrogen-bond donors (Lipinski definition) is 0. The number of benzene rings is 4. The van der Waals surface area contributed by atoms with Crippen LogP contribution in [0.4, 0.5) is 0 Å². The van der Waals surface area contributed by atoms with Crippen LogP contribution in [0.1, 0.15) is 122 Å². The lowest BCUT2D eigenvalue weighted by molar-refractivity contribution is -0.161. The predicted molar refractivity (Wildman–Crippen MR) is 305 cm³/mol. The van der Waals surface area contributed by atoms with Gasteiger partial charge in [-0.1, -0.05) is 204 Å². The lowest BCUT2D eigenvalue weighted by atomic mass is 9.59. The summed E-state index contributed by atoms with van der Waals surface area (Å²) in [5.74, 6) is 1.25. The molecule has 3 fully saturated rings. The molecule has 4 aromatic carbocycles. The van der Waals surface area contributed by atoms with E-state index in [9.17, 15) is 4.79 Å². The van der Waals surface area contributed by atoms with E-state index in [4.69, 9.17) is 22.8 Å². The highest BCUT2D eigenvalue weighted by atomic mass is 28.4. The van der Waals surface area contributed by atoms with Gasteiger partial charge in [0, 0.05) is 31.3 Å². The molecule has 4 aromatic rings. The Balaban J connectivity index is 1.12. The highest BCUT2D eigenvalue weighted by Crippen LogP contribution is 2.63. The normalized spacial score (nSPS) is 26.1. The molecule has 0 spiro atoms. The first kappa shape index (κ1) is 54.6. The molecule has 0 amide bonds. The zero-order valence-corrected chi connectivity index (χ0v) is 49.5. The fourth-order valence-corrected chi connectivity index (χ4v) is 23.7. The lowest BCUT2D eigenvalue weighted by Crippen LogP contribution is -2.69. The van der Waals surface area contributed by atoms with Gasteiger partial charge in [0.05, 0.1) is 18.8 Å². The van der Waals surface area contributed by atoms with Gasteiger partial charge in [0.25, 0.3) is 16.6 Å². The van der Waals surface area contributed by atoms with Crippen molar-refractivity contribution in [2.45, 2.75) is 174 Å². The van der Waals surface area contributed by atoms with Crippen molar-refractivity contribution in [3.05, 3.63) is 145 Å². The molecule has 1 unspecified atom stereocenters. The van der Waals surface area contributed by atoms with Crippen molar-refractivity contribution in [2.24, 2.45) is 29.1 Å². The average Bonchev–Trinajstić information content (AvgIpc) is 3.88. The topological polar surface area (TPSA) is 63.2 Å². The summed E-state index contributed by atoms with van der Waals surface area (Å²) in [5.41, 5.74) is 1.25. The van der Waals surface area contributed by atoms with Crippen molar-refractivity contribution >= 4 is 51.7 Å². The highest BCUT2D eigenvalue weighted by molar-refractivity contribution is 7.00. The van der Waals surface area contributed by atoms with Gasteiger partial charge in [-0.05, 0) is 110 Å². The number of esters is 1. The second kappa shape index (κ2) is 20.5. The summed E-state index contributed by atoms with van der Waals surface area (Å²) in [6, 6.07) is 43.9. The van der Waals surface area contributed by atoms with Crippen LogP contribution in [0.5, 0.6) is 0 Å². The Morgan fingerprint density at radius 2 is 1.21 bits per heavy atom. The van der Waals surface area contributed by atoms with Crippen LogP contribution in [0.2, 0.25) is 28.2 Å². The molecule has 2 saturated heterocycles. The van der Waals surface area contributed by atoms with Crippen LogP contribution in [0, 0.1) is 29.1 Å². The van der Waals surface area contributed by atoms with Gasteiger partial charge in [-0.3, -0.25) is 4.79 Å². The SMILES string of the molecule is C=C[C@H]1C(C)(C)[C@H]2O[C@]1([C@@H](OC(C)=O)C1=C(CO[Si](C)(C)C(C)(C)C)CC(C[C@H]3C[C@@H]3CO[Si](c3ccccc3)(c3ccccc3)C(C)(C)C)CC1)C[C@@H]2O[Si](c1ccccc1)(c1ccccc1)C(C)(C)C. The molecule has 0 radical (unpaired) electrons. The van der Waals surface area contributed by atoms with Crippen molar-refractivity contribution in [1.29, 1.82) is 0 Å². The van der Waals surface area contributed by atoms with Crippen LogP contribution in [0.3, 0.4) is 0 Å². The zero-order chi connectivity index (χ0) is 52.1. The zero-order valence-electron chi connectivity index (χ0n) is 46.5. The van der Waals surface area contributed by atoms with Crippen molar-refractivity contribution in [1.82, 2.24) is 0 Å². The third-order valence-corrected chi connectivity index (χ3v) is 32.7.